The average molecular weight is 277 g/mol. The molecule has 0 atom stereocenters. The zero-order valence-electron chi connectivity index (χ0n) is 10.0. The van der Waals surface area contributed by atoms with Crippen LogP contribution >= 0.6 is 11.3 Å². The third-order valence-electron chi connectivity index (χ3n) is 2.15. The van der Waals surface area contributed by atoms with Crippen LogP contribution in [0, 0.1) is 0 Å². The van der Waals surface area contributed by atoms with Gasteiger partial charge in [0, 0.05) is 30.6 Å². The number of hydrogen-bond acceptors (Lipinski definition) is 5. The van der Waals surface area contributed by atoms with Crippen LogP contribution in [0.2, 0.25) is 0 Å². The van der Waals surface area contributed by atoms with Crippen molar-refractivity contribution >= 4 is 21.2 Å². The summed E-state index contributed by atoms with van der Waals surface area (Å²) in [5.41, 5.74) is 0. The van der Waals surface area contributed by atoms with Crippen molar-refractivity contribution in [3.8, 4) is 0 Å². The molecule has 4 nitrogen and oxygen atoms in total. The monoisotopic (exact) mass is 277 g/mol. The van der Waals surface area contributed by atoms with Gasteiger partial charge >= 0.3 is 0 Å². The van der Waals surface area contributed by atoms with Crippen LogP contribution in [0.4, 0.5) is 0 Å². The molecule has 0 unspecified atom stereocenters. The van der Waals surface area contributed by atoms with Crippen LogP contribution in [0.5, 0.6) is 0 Å². The van der Waals surface area contributed by atoms with Crippen molar-refractivity contribution in [3.05, 3.63) is 22.4 Å². The number of thiophene rings is 1. The first-order valence-electron chi connectivity index (χ1n) is 5.56. The van der Waals surface area contributed by atoms with Crippen LogP contribution in [-0.4, -0.2) is 46.7 Å². The molecule has 17 heavy (non-hydrogen) atoms. The van der Waals surface area contributed by atoms with Gasteiger partial charge in [0.15, 0.2) is 0 Å². The van der Waals surface area contributed by atoms with E-state index in [9.17, 15) is 8.42 Å². The molecule has 1 aromatic rings. The minimum absolute atomic E-state index is 0.183. The highest BCUT2D eigenvalue weighted by atomic mass is 32.2. The maximum absolute atomic E-state index is 10.8. The molecule has 0 aliphatic heterocycles. The summed E-state index contributed by atoms with van der Waals surface area (Å²) in [4.78, 5) is 1.33. The van der Waals surface area contributed by atoms with Gasteiger partial charge in [-0.25, -0.2) is 8.42 Å². The molecular formula is C11H19NO3S2. The van der Waals surface area contributed by atoms with Crippen molar-refractivity contribution in [2.24, 2.45) is 0 Å². The fourth-order valence-corrected chi connectivity index (χ4v) is 2.46. The fraction of sp³-hybridized carbons (Fsp3) is 0.636. The third kappa shape index (κ3) is 8.31. The molecular weight excluding hydrogens is 258 g/mol. The van der Waals surface area contributed by atoms with Gasteiger partial charge in [-0.15, -0.1) is 11.3 Å². The molecule has 0 spiro atoms. The highest BCUT2D eigenvalue weighted by molar-refractivity contribution is 7.90. The predicted molar refractivity (Wildman–Crippen MR) is 71.4 cm³/mol. The van der Waals surface area contributed by atoms with Gasteiger partial charge in [0.05, 0.1) is 19.0 Å². The Kier molecular flexibility index (Phi) is 6.72. The lowest BCUT2D eigenvalue weighted by Gasteiger charge is -2.05. The van der Waals surface area contributed by atoms with Gasteiger partial charge in [-0.1, -0.05) is 6.07 Å². The van der Waals surface area contributed by atoms with Gasteiger partial charge in [-0.3, -0.25) is 0 Å². The maximum Gasteiger partial charge on any atom is 0.148 e. The third-order valence-corrected chi connectivity index (χ3v) is 4.03. The summed E-state index contributed by atoms with van der Waals surface area (Å²) in [6.45, 7) is 2.52. The molecule has 1 rings (SSSR count). The van der Waals surface area contributed by atoms with Crippen LogP contribution in [0.25, 0.3) is 0 Å². The Balaban J connectivity index is 1.88. The Morgan fingerprint density at radius 2 is 2.18 bits per heavy atom. The molecule has 0 amide bonds. The molecule has 1 N–H and O–H groups in total. The fourth-order valence-electron chi connectivity index (χ4n) is 1.26. The van der Waals surface area contributed by atoms with Gasteiger partial charge < -0.3 is 10.1 Å². The Morgan fingerprint density at radius 3 is 2.82 bits per heavy atom. The van der Waals surface area contributed by atoms with E-state index in [2.05, 4.69) is 16.8 Å². The first-order chi connectivity index (χ1) is 8.08. The second-order valence-corrected chi connectivity index (χ2v) is 7.11. The lowest BCUT2D eigenvalue weighted by molar-refractivity contribution is 0.140. The standard InChI is InChI=1S/C11H19NO3S2/c1-17(13,14)10-6-12-5-8-15-7-4-11-3-2-9-16-11/h2-3,9,12H,4-8,10H2,1H3. The molecule has 1 aromatic heterocycles. The summed E-state index contributed by atoms with van der Waals surface area (Å²) in [5.74, 6) is 0.183. The van der Waals surface area contributed by atoms with Crippen molar-refractivity contribution in [2.45, 2.75) is 6.42 Å². The summed E-state index contributed by atoms with van der Waals surface area (Å²) in [6, 6.07) is 4.13. The van der Waals surface area contributed by atoms with Crippen LogP contribution in [0.1, 0.15) is 4.88 Å². The number of hydrogen-bond donors (Lipinski definition) is 1. The summed E-state index contributed by atoms with van der Waals surface area (Å²) < 4.78 is 27.1. The van der Waals surface area contributed by atoms with E-state index in [1.165, 1.54) is 11.1 Å². The average Bonchev–Trinajstić information content (AvgIpc) is 2.73. The van der Waals surface area contributed by atoms with Crippen LogP contribution in [-0.2, 0) is 21.0 Å². The van der Waals surface area contributed by atoms with Crippen molar-refractivity contribution in [1.82, 2.24) is 5.32 Å². The highest BCUT2D eigenvalue weighted by Crippen LogP contribution is 2.08. The van der Waals surface area contributed by atoms with Gasteiger partial charge in [-0.2, -0.15) is 0 Å². The largest absolute Gasteiger partial charge is 0.380 e. The SMILES string of the molecule is CS(=O)(=O)CCNCCOCCc1cccs1. The topological polar surface area (TPSA) is 55.4 Å². The molecule has 0 saturated carbocycles. The summed E-state index contributed by atoms with van der Waals surface area (Å²) in [6.07, 6.45) is 2.19. The van der Waals surface area contributed by atoms with E-state index >= 15 is 0 Å². The lowest BCUT2D eigenvalue weighted by atomic mass is 10.4. The first kappa shape index (κ1) is 14.6. The van der Waals surface area contributed by atoms with E-state index in [0.29, 0.717) is 26.3 Å². The molecule has 0 aliphatic rings. The zero-order valence-corrected chi connectivity index (χ0v) is 11.6. The zero-order chi connectivity index (χ0) is 12.6. The van der Waals surface area contributed by atoms with Crippen molar-refractivity contribution in [1.29, 1.82) is 0 Å². The quantitative estimate of drug-likeness (QED) is 0.683. The minimum atomic E-state index is -2.85. The van der Waals surface area contributed by atoms with E-state index < -0.39 is 9.84 Å². The normalized spacial score (nSPS) is 11.8. The van der Waals surface area contributed by atoms with Crippen molar-refractivity contribution in [3.63, 3.8) is 0 Å². The van der Waals surface area contributed by atoms with Gasteiger partial charge in [0.1, 0.15) is 9.84 Å². The molecule has 0 fully saturated rings. The molecule has 0 aliphatic carbocycles. The second kappa shape index (κ2) is 7.81. The summed E-state index contributed by atoms with van der Waals surface area (Å²) >= 11 is 1.74. The van der Waals surface area contributed by atoms with E-state index in [0.717, 1.165) is 6.42 Å². The molecule has 1 heterocycles. The Bertz CT molecular complexity index is 387. The predicted octanol–water partition coefficient (Wildman–Crippen LogP) is 0.941. The first-order valence-corrected chi connectivity index (χ1v) is 8.50. The summed E-state index contributed by atoms with van der Waals surface area (Å²) in [5, 5.41) is 5.09. The molecule has 6 heteroatoms. The second-order valence-electron chi connectivity index (χ2n) is 3.82. The number of ether oxygens (including phenoxy) is 1. The molecule has 98 valence electrons. The van der Waals surface area contributed by atoms with Crippen molar-refractivity contribution < 1.29 is 13.2 Å². The van der Waals surface area contributed by atoms with Crippen molar-refractivity contribution in [2.75, 3.05) is 38.3 Å². The van der Waals surface area contributed by atoms with Crippen LogP contribution < -0.4 is 5.32 Å². The molecule has 0 aromatic carbocycles. The number of rotatable bonds is 9. The molecule has 0 bridgehead atoms. The van der Waals surface area contributed by atoms with Crippen LogP contribution in [0.15, 0.2) is 17.5 Å². The summed E-state index contributed by atoms with van der Waals surface area (Å²) in [7, 11) is -2.85. The Hall–Kier alpha value is -0.430. The minimum Gasteiger partial charge on any atom is -0.380 e. The molecule has 0 radical (unpaired) electrons. The highest BCUT2D eigenvalue weighted by Gasteiger charge is 2.00. The van der Waals surface area contributed by atoms with Gasteiger partial charge in [0.2, 0.25) is 0 Å². The van der Waals surface area contributed by atoms with E-state index in [1.54, 1.807) is 11.3 Å². The lowest BCUT2D eigenvalue weighted by Crippen LogP contribution is -2.26. The van der Waals surface area contributed by atoms with E-state index in [1.807, 2.05) is 6.07 Å². The molecule has 0 saturated heterocycles. The Morgan fingerprint density at radius 1 is 1.35 bits per heavy atom. The number of sulfone groups is 1. The van der Waals surface area contributed by atoms with Gasteiger partial charge in [0.25, 0.3) is 0 Å². The Labute approximate surface area is 107 Å². The van der Waals surface area contributed by atoms with Crippen LogP contribution in [0.3, 0.4) is 0 Å². The maximum atomic E-state index is 10.8. The van der Waals surface area contributed by atoms with E-state index in [4.69, 9.17) is 4.74 Å². The van der Waals surface area contributed by atoms with Gasteiger partial charge in [-0.05, 0) is 11.4 Å². The smallest absolute Gasteiger partial charge is 0.148 e. The number of nitrogens with one attached hydrogen (secondary N) is 1. The van der Waals surface area contributed by atoms with E-state index in [-0.39, 0.29) is 5.75 Å².